The molecule has 1 aromatic carbocycles. The summed E-state index contributed by atoms with van der Waals surface area (Å²) < 4.78 is 15.6. The maximum atomic E-state index is 11.4. The van der Waals surface area contributed by atoms with E-state index in [1.54, 1.807) is 18.2 Å². The van der Waals surface area contributed by atoms with Crippen molar-refractivity contribution < 1.29 is 19.0 Å². The van der Waals surface area contributed by atoms with Gasteiger partial charge in [0.05, 0.1) is 0 Å². The molecule has 0 heterocycles. The highest BCUT2D eigenvalue weighted by Gasteiger charge is 2.29. The zero-order chi connectivity index (χ0) is 10.6. The van der Waals surface area contributed by atoms with Gasteiger partial charge in [0.2, 0.25) is 5.30 Å². The fraction of sp³-hybridized carbons (Fsp3) is 0.222. The largest absolute Gasteiger partial charge is 0.603 e. The van der Waals surface area contributed by atoms with Crippen LogP contribution in [0, 0.1) is 0 Å². The van der Waals surface area contributed by atoms with E-state index in [9.17, 15) is 9.36 Å². The van der Waals surface area contributed by atoms with Crippen LogP contribution in [-0.2, 0) is 15.5 Å². The Hall–Kier alpha value is -1.41. The third-order valence-corrected chi connectivity index (χ3v) is 2.88. The van der Waals surface area contributed by atoms with Crippen LogP contribution in [-0.4, -0.2) is 11.3 Å². The van der Waals surface area contributed by atoms with E-state index in [0.29, 0.717) is 11.7 Å². The quantitative estimate of drug-likeness (QED) is 0.782. The summed E-state index contributed by atoms with van der Waals surface area (Å²) in [6, 6.07) is 6.92. The van der Waals surface area contributed by atoms with Gasteiger partial charge in [0.15, 0.2) is 0 Å². The minimum Gasteiger partial charge on any atom is -0.447 e. The number of benzene rings is 1. The molecule has 1 unspecified atom stereocenters. The second kappa shape index (κ2) is 4.72. The van der Waals surface area contributed by atoms with Gasteiger partial charge < -0.3 is 5.11 Å². The lowest BCUT2D eigenvalue weighted by Gasteiger charge is -1.94. The molecular weight excluding hydrogens is 203 g/mol. The van der Waals surface area contributed by atoms with Crippen molar-refractivity contribution in [3.05, 3.63) is 29.8 Å². The number of aryl methyl sites for hydroxylation is 1. The molecule has 5 heteroatoms. The van der Waals surface area contributed by atoms with Crippen LogP contribution in [0.25, 0.3) is 0 Å². The van der Waals surface area contributed by atoms with E-state index in [2.05, 4.69) is 4.52 Å². The van der Waals surface area contributed by atoms with E-state index in [0.717, 1.165) is 5.56 Å². The molecule has 4 nitrogen and oxygen atoms in total. The lowest BCUT2D eigenvalue weighted by molar-refractivity contribution is 0.148. The summed E-state index contributed by atoms with van der Waals surface area (Å²) in [5.74, 6) is 0. The van der Waals surface area contributed by atoms with Crippen molar-refractivity contribution in [2.24, 2.45) is 0 Å². The van der Waals surface area contributed by atoms with Gasteiger partial charge in [-0.15, -0.1) is 0 Å². The van der Waals surface area contributed by atoms with Gasteiger partial charge in [0.25, 0.3) is 0 Å². The topological polar surface area (TPSA) is 63.6 Å². The van der Waals surface area contributed by atoms with Gasteiger partial charge in [-0.25, -0.2) is 0 Å². The maximum absolute atomic E-state index is 11.4. The molecule has 0 aromatic heterocycles. The van der Waals surface area contributed by atoms with Crippen molar-refractivity contribution in [1.29, 1.82) is 0 Å². The Balaban J connectivity index is 2.94. The first-order valence-corrected chi connectivity index (χ1v) is 5.29. The number of carboxylic acid groups (broad SMARTS) is 1. The molecule has 0 aliphatic heterocycles. The van der Waals surface area contributed by atoms with Gasteiger partial charge in [0, 0.05) is 5.56 Å². The second-order valence-electron chi connectivity index (χ2n) is 2.60. The number of rotatable bonds is 3. The summed E-state index contributed by atoms with van der Waals surface area (Å²) in [4.78, 5) is 10.2. The predicted molar refractivity (Wildman–Crippen MR) is 52.2 cm³/mol. The molecule has 0 saturated carbocycles. The smallest absolute Gasteiger partial charge is 0.447 e. The normalized spacial score (nSPS) is 10.8. The molecule has 1 atom stereocenters. The molecule has 0 radical (unpaired) electrons. The molecule has 1 aromatic rings. The molecule has 0 spiro atoms. The molecule has 1 N–H and O–H groups in total. The Morgan fingerprint density at radius 2 is 2.14 bits per heavy atom. The highest BCUT2D eigenvalue weighted by Crippen LogP contribution is 2.23. The highest BCUT2D eigenvalue weighted by atomic mass is 31.1. The van der Waals surface area contributed by atoms with Crippen LogP contribution in [0.1, 0.15) is 12.5 Å². The van der Waals surface area contributed by atoms with Crippen LogP contribution in [0.3, 0.4) is 0 Å². The SMILES string of the molecule is CCc1ccccc1[P+](=O)OC(=O)O. The van der Waals surface area contributed by atoms with Crippen LogP contribution in [0.15, 0.2) is 24.3 Å². The highest BCUT2D eigenvalue weighted by molar-refractivity contribution is 7.49. The van der Waals surface area contributed by atoms with Crippen molar-refractivity contribution in [1.82, 2.24) is 0 Å². The van der Waals surface area contributed by atoms with E-state index in [1.807, 2.05) is 13.0 Å². The fourth-order valence-electron chi connectivity index (χ4n) is 1.11. The Labute approximate surface area is 82.4 Å². The Morgan fingerprint density at radius 1 is 1.50 bits per heavy atom. The second-order valence-corrected chi connectivity index (χ2v) is 3.78. The minimum absolute atomic E-state index is 0.451. The average Bonchev–Trinajstić information content (AvgIpc) is 2.16. The molecule has 0 amide bonds. The zero-order valence-corrected chi connectivity index (χ0v) is 8.53. The molecule has 0 aliphatic carbocycles. The monoisotopic (exact) mass is 213 g/mol. The van der Waals surface area contributed by atoms with Gasteiger partial charge in [-0.2, -0.15) is 9.32 Å². The molecule has 0 saturated heterocycles. The van der Waals surface area contributed by atoms with Crippen molar-refractivity contribution in [3.8, 4) is 0 Å². The van der Waals surface area contributed by atoms with Crippen LogP contribution < -0.4 is 5.30 Å². The first-order valence-electron chi connectivity index (χ1n) is 4.11. The van der Waals surface area contributed by atoms with E-state index >= 15 is 0 Å². The molecular formula is C9H10O4P+. The molecule has 74 valence electrons. The average molecular weight is 213 g/mol. The van der Waals surface area contributed by atoms with Crippen molar-refractivity contribution in [2.75, 3.05) is 0 Å². The van der Waals surface area contributed by atoms with Gasteiger partial charge in [-0.05, 0) is 17.1 Å². The van der Waals surface area contributed by atoms with Gasteiger partial charge in [0.1, 0.15) is 0 Å². The van der Waals surface area contributed by atoms with Gasteiger partial charge in [-0.3, -0.25) is 0 Å². The van der Waals surface area contributed by atoms with E-state index in [1.165, 1.54) is 0 Å². The summed E-state index contributed by atoms with van der Waals surface area (Å²) in [6.45, 7) is 1.91. The third kappa shape index (κ3) is 2.54. The fourth-order valence-corrected chi connectivity index (χ4v) is 2.02. The molecule has 0 aliphatic rings. The van der Waals surface area contributed by atoms with Crippen molar-refractivity contribution in [3.63, 3.8) is 0 Å². The summed E-state index contributed by atoms with van der Waals surface area (Å²) in [7, 11) is -2.29. The lowest BCUT2D eigenvalue weighted by atomic mass is 10.2. The number of hydrogen-bond acceptors (Lipinski definition) is 3. The Morgan fingerprint density at radius 3 is 2.71 bits per heavy atom. The van der Waals surface area contributed by atoms with Crippen molar-refractivity contribution >= 4 is 19.5 Å². The standard InChI is InChI=1S/C9H9O4P/c1-2-7-5-3-4-6-8(7)14(12)13-9(10)11/h3-6H,2H2,1H3/p+1. The van der Waals surface area contributed by atoms with Crippen molar-refractivity contribution in [2.45, 2.75) is 13.3 Å². The summed E-state index contributed by atoms with van der Waals surface area (Å²) in [5, 5.41) is 8.75. The first-order chi connectivity index (χ1) is 6.65. The molecule has 1 rings (SSSR count). The van der Waals surface area contributed by atoms with E-state index in [4.69, 9.17) is 5.11 Å². The zero-order valence-electron chi connectivity index (χ0n) is 7.64. The maximum Gasteiger partial charge on any atom is 0.603 e. The van der Waals surface area contributed by atoms with Crippen LogP contribution in [0.2, 0.25) is 0 Å². The molecule has 14 heavy (non-hydrogen) atoms. The minimum atomic E-state index is -2.29. The van der Waals surface area contributed by atoms with E-state index < -0.39 is 14.2 Å². The van der Waals surface area contributed by atoms with Gasteiger partial charge in [-0.1, -0.05) is 25.1 Å². The molecule has 0 fully saturated rings. The van der Waals surface area contributed by atoms with E-state index in [-0.39, 0.29) is 0 Å². The lowest BCUT2D eigenvalue weighted by Crippen LogP contribution is -2.07. The Bertz CT molecular complexity index is 362. The first kappa shape index (κ1) is 10.7. The summed E-state index contributed by atoms with van der Waals surface area (Å²) in [6.07, 6.45) is -0.822. The summed E-state index contributed by atoms with van der Waals surface area (Å²) in [5.41, 5.74) is 0.842. The van der Waals surface area contributed by atoms with Crippen LogP contribution in [0.5, 0.6) is 0 Å². The number of hydrogen-bond donors (Lipinski definition) is 1. The predicted octanol–water partition coefficient (Wildman–Crippen LogP) is 2.31. The van der Waals surface area contributed by atoms with Crippen LogP contribution in [0.4, 0.5) is 4.79 Å². The summed E-state index contributed by atoms with van der Waals surface area (Å²) >= 11 is 0. The van der Waals surface area contributed by atoms with Crippen LogP contribution >= 0.6 is 8.03 Å². The third-order valence-electron chi connectivity index (χ3n) is 1.73. The Kier molecular flexibility index (Phi) is 3.60. The molecule has 0 bridgehead atoms. The van der Waals surface area contributed by atoms with Gasteiger partial charge >= 0.3 is 14.2 Å². The number of carbonyl (C=O) groups is 1.